The number of nitrogens with one attached hydrogen (secondary N) is 2. The Kier molecular flexibility index (Phi) is 7.11. The molecule has 2 aromatic carbocycles. The second kappa shape index (κ2) is 9.96. The minimum absolute atomic E-state index is 0.00791. The smallest absolute Gasteiger partial charge is 0.227 e. The van der Waals surface area contributed by atoms with Crippen LogP contribution in [0.5, 0.6) is 5.75 Å². The fourth-order valence-electron chi connectivity index (χ4n) is 3.25. The highest BCUT2D eigenvalue weighted by Crippen LogP contribution is 2.21. The van der Waals surface area contributed by atoms with E-state index in [1.54, 1.807) is 7.05 Å². The molecule has 1 fully saturated rings. The molecule has 1 aliphatic rings. The lowest BCUT2D eigenvalue weighted by Crippen LogP contribution is -2.41. The van der Waals surface area contributed by atoms with Crippen molar-refractivity contribution in [2.45, 2.75) is 39.3 Å². The second-order valence-corrected chi connectivity index (χ2v) is 7.36. The number of anilines is 1. The fourth-order valence-corrected chi connectivity index (χ4v) is 3.25. The first-order valence-electron chi connectivity index (χ1n) is 10.1. The molecule has 0 aliphatic carbocycles. The Hall–Kier alpha value is -3.02. The van der Waals surface area contributed by atoms with Gasteiger partial charge in [-0.1, -0.05) is 29.8 Å². The first-order valence-corrected chi connectivity index (χ1v) is 10.1. The summed E-state index contributed by atoms with van der Waals surface area (Å²) in [5.41, 5.74) is 3.32. The third-order valence-corrected chi connectivity index (χ3v) is 4.92. The highest BCUT2D eigenvalue weighted by atomic mass is 16.5. The van der Waals surface area contributed by atoms with E-state index in [0.29, 0.717) is 19.5 Å². The molecular formula is C23H30N4O2. The van der Waals surface area contributed by atoms with Crippen LogP contribution in [0.1, 0.15) is 30.9 Å². The van der Waals surface area contributed by atoms with Crippen molar-refractivity contribution in [3.05, 3.63) is 59.7 Å². The van der Waals surface area contributed by atoms with Crippen LogP contribution in [-0.4, -0.2) is 38.1 Å². The number of guanidine groups is 1. The first-order chi connectivity index (χ1) is 14.0. The largest absolute Gasteiger partial charge is 0.489 e. The Labute approximate surface area is 173 Å². The quantitative estimate of drug-likeness (QED) is 0.559. The van der Waals surface area contributed by atoms with Crippen molar-refractivity contribution >= 4 is 17.6 Å². The van der Waals surface area contributed by atoms with Crippen LogP contribution in [0.3, 0.4) is 0 Å². The summed E-state index contributed by atoms with van der Waals surface area (Å²) in [6, 6.07) is 16.2. The molecule has 1 atom stereocenters. The van der Waals surface area contributed by atoms with E-state index in [2.05, 4.69) is 22.5 Å². The standard InChI is InChI=1S/C23H30N4O2/c1-17-6-12-21(13-7-17)29-18(2)15-25-23(24-3)26-16-19-8-10-20(11-9-19)27-14-4-5-22(27)28/h6-13,18H,4-5,14-16H2,1-3H3,(H2,24,25,26). The average Bonchev–Trinajstić information content (AvgIpc) is 3.16. The summed E-state index contributed by atoms with van der Waals surface area (Å²) in [6.45, 7) is 6.20. The van der Waals surface area contributed by atoms with Crippen molar-refractivity contribution in [2.75, 3.05) is 25.0 Å². The van der Waals surface area contributed by atoms with Crippen LogP contribution in [0.2, 0.25) is 0 Å². The normalized spacial score (nSPS) is 15.3. The van der Waals surface area contributed by atoms with E-state index in [4.69, 9.17) is 4.74 Å². The van der Waals surface area contributed by atoms with Gasteiger partial charge in [0.2, 0.25) is 5.91 Å². The number of aliphatic imine (C=N–C) groups is 1. The molecule has 29 heavy (non-hydrogen) atoms. The molecule has 0 radical (unpaired) electrons. The van der Waals surface area contributed by atoms with Crippen molar-refractivity contribution in [3.8, 4) is 5.75 Å². The third kappa shape index (κ3) is 5.98. The number of carbonyl (C=O) groups excluding carboxylic acids is 1. The monoisotopic (exact) mass is 394 g/mol. The molecule has 6 nitrogen and oxygen atoms in total. The fraction of sp³-hybridized carbons (Fsp3) is 0.391. The molecule has 1 aliphatic heterocycles. The van der Waals surface area contributed by atoms with Gasteiger partial charge >= 0.3 is 0 Å². The molecule has 0 spiro atoms. The van der Waals surface area contributed by atoms with Crippen LogP contribution in [0.4, 0.5) is 5.69 Å². The van der Waals surface area contributed by atoms with Crippen LogP contribution < -0.4 is 20.3 Å². The van der Waals surface area contributed by atoms with Crippen LogP contribution in [-0.2, 0) is 11.3 Å². The molecule has 2 N–H and O–H groups in total. The predicted molar refractivity (Wildman–Crippen MR) is 117 cm³/mol. The minimum atomic E-state index is 0.00791. The van der Waals surface area contributed by atoms with E-state index in [1.807, 2.05) is 60.4 Å². The van der Waals surface area contributed by atoms with Crippen molar-refractivity contribution in [2.24, 2.45) is 4.99 Å². The lowest BCUT2D eigenvalue weighted by molar-refractivity contribution is -0.117. The minimum Gasteiger partial charge on any atom is -0.489 e. The van der Waals surface area contributed by atoms with Gasteiger partial charge in [-0.2, -0.15) is 0 Å². The van der Waals surface area contributed by atoms with Crippen molar-refractivity contribution in [1.29, 1.82) is 0 Å². The number of benzene rings is 2. The van der Waals surface area contributed by atoms with Gasteiger partial charge in [0, 0.05) is 32.2 Å². The number of hydrogen-bond donors (Lipinski definition) is 2. The van der Waals surface area contributed by atoms with Gasteiger partial charge in [-0.05, 0) is 50.1 Å². The zero-order valence-corrected chi connectivity index (χ0v) is 17.4. The van der Waals surface area contributed by atoms with E-state index in [-0.39, 0.29) is 12.0 Å². The maximum atomic E-state index is 11.9. The van der Waals surface area contributed by atoms with Crippen LogP contribution in [0.15, 0.2) is 53.5 Å². The highest BCUT2D eigenvalue weighted by molar-refractivity contribution is 5.95. The topological polar surface area (TPSA) is 66.0 Å². The summed E-state index contributed by atoms with van der Waals surface area (Å²) in [7, 11) is 1.75. The molecule has 1 saturated heterocycles. The molecule has 0 bridgehead atoms. The molecule has 1 amide bonds. The molecule has 2 aromatic rings. The summed E-state index contributed by atoms with van der Waals surface area (Å²) in [6.07, 6.45) is 1.60. The molecule has 1 heterocycles. The zero-order valence-electron chi connectivity index (χ0n) is 17.4. The van der Waals surface area contributed by atoms with E-state index >= 15 is 0 Å². The third-order valence-electron chi connectivity index (χ3n) is 4.92. The average molecular weight is 395 g/mol. The lowest BCUT2D eigenvalue weighted by Gasteiger charge is -2.18. The Morgan fingerprint density at radius 3 is 2.48 bits per heavy atom. The molecule has 1 unspecified atom stereocenters. The van der Waals surface area contributed by atoms with Crippen molar-refractivity contribution < 1.29 is 9.53 Å². The summed E-state index contributed by atoms with van der Waals surface area (Å²) < 4.78 is 5.92. The van der Waals surface area contributed by atoms with Crippen LogP contribution in [0.25, 0.3) is 0 Å². The van der Waals surface area contributed by atoms with Gasteiger partial charge in [0.05, 0.1) is 6.54 Å². The van der Waals surface area contributed by atoms with Gasteiger partial charge in [0.1, 0.15) is 11.9 Å². The molecule has 0 aromatic heterocycles. The highest BCUT2D eigenvalue weighted by Gasteiger charge is 2.21. The molecule has 0 saturated carbocycles. The number of hydrogen-bond acceptors (Lipinski definition) is 3. The van der Waals surface area contributed by atoms with Gasteiger partial charge in [0.15, 0.2) is 5.96 Å². The van der Waals surface area contributed by atoms with E-state index in [0.717, 1.165) is 35.9 Å². The van der Waals surface area contributed by atoms with Gasteiger partial charge in [0.25, 0.3) is 0 Å². The Morgan fingerprint density at radius 2 is 1.86 bits per heavy atom. The Morgan fingerprint density at radius 1 is 1.14 bits per heavy atom. The van der Waals surface area contributed by atoms with Gasteiger partial charge < -0.3 is 20.3 Å². The number of ether oxygens (including phenoxy) is 1. The summed E-state index contributed by atoms with van der Waals surface area (Å²) in [5, 5.41) is 6.61. The second-order valence-electron chi connectivity index (χ2n) is 7.36. The zero-order chi connectivity index (χ0) is 20.6. The summed E-state index contributed by atoms with van der Waals surface area (Å²) in [5.74, 6) is 1.80. The molecule has 154 valence electrons. The van der Waals surface area contributed by atoms with E-state index < -0.39 is 0 Å². The predicted octanol–water partition coefficient (Wildman–Crippen LogP) is 3.25. The van der Waals surface area contributed by atoms with Gasteiger partial charge in [-0.3, -0.25) is 9.79 Å². The maximum Gasteiger partial charge on any atom is 0.227 e. The maximum absolute atomic E-state index is 11.9. The summed E-state index contributed by atoms with van der Waals surface area (Å²) >= 11 is 0. The number of rotatable bonds is 7. The molecule has 6 heteroatoms. The van der Waals surface area contributed by atoms with Crippen LogP contribution >= 0.6 is 0 Å². The number of aryl methyl sites for hydroxylation is 1. The molecular weight excluding hydrogens is 364 g/mol. The lowest BCUT2D eigenvalue weighted by atomic mass is 10.2. The van der Waals surface area contributed by atoms with E-state index in [9.17, 15) is 4.79 Å². The van der Waals surface area contributed by atoms with Gasteiger partial charge in [-0.25, -0.2) is 0 Å². The first kappa shape index (κ1) is 20.7. The Bertz CT molecular complexity index is 831. The number of carbonyl (C=O) groups is 1. The number of amides is 1. The SMILES string of the molecule is CN=C(NCc1ccc(N2CCCC2=O)cc1)NCC(C)Oc1ccc(C)cc1. The van der Waals surface area contributed by atoms with Crippen LogP contribution in [0, 0.1) is 6.92 Å². The Balaban J connectivity index is 1.44. The van der Waals surface area contributed by atoms with Crippen molar-refractivity contribution in [1.82, 2.24) is 10.6 Å². The number of nitrogens with zero attached hydrogens (tertiary/aromatic N) is 2. The van der Waals surface area contributed by atoms with Crippen molar-refractivity contribution in [3.63, 3.8) is 0 Å². The van der Waals surface area contributed by atoms with E-state index in [1.165, 1.54) is 5.56 Å². The van der Waals surface area contributed by atoms with Gasteiger partial charge in [-0.15, -0.1) is 0 Å². The molecule has 3 rings (SSSR count). The summed E-state index contributed by atoms with van der Waals surface area (Å²) in [4.78, 5) is 18.0.